The van der Waals surface area contributed by atoms with Crippen LogP contribution in [-0.2, 0) is 19.9 Å². The second-order valence-electron chi connectivity index (χ2n) is 7.27. The first-order valence-corrected chi connectivity index (χ1v) is 9.74. The number of hydrogen-bond acceptors (Lipinski definition) is 4. The first-order valence-electron chi connectivity index (χ1n) is 8.86. The van der Waals surface area contributed by atoms with E-state index in [-0.39, 0.29) is 5.91 Å². The molecule has 1 aliphatic carbocycles. The number of likely N-dealkylation sites (tertiary alicyclic amines) is 1. The Morgan fingerprint density at radius 1 is 1.29 bits per heavy atom. The summed E-state index contributed by atoms with van der Waals surface area (Å²) in [6.07, 6.45) is 7.12. The maximum atomic E-state index is 13.0. The van der Waals surface area contributed by atoms with Crippen LogP contribution < -0.4 is 0 Å². The zero-order valence-electron chi connectivity index (χ0n) is 14.4. The van der Waals surface area contributed by atoms with Crippen LogP contribution in [0.4, 0.5) is 0 Å². The Balaban J connectivity index is 1.45. The number of amides is 1. The molecule has 1 saturated heterocycles. The Labute approximate surface area is 146 Å². The molecule has 2 aromatic heterocycles. The number of rotatable bonds is 2. The minimum Gasteiger partial charge on any atom is -0.339 e. The van der Waals surface area contributed by atoms with Crippen molar-refractivity contribution in [3.63, 3.8) is 0 Å². The van der Waals surface area contributed by atoms with E-state index in [0.29, 0.717) is 5.92 Å². The van der Waals surface area contributed by atoms with Crippen LogP contribution in [0.5, 0.6) is 0 Å². The molecule has 0 spiro atoms. The minimum atomic E-state index is 0.235. The van der Waals surface area contributed by atoms with Crippen molar-refractivity contribution in [2.75, 3.05) is 13.1 Å². The molecule has 0 unspecified atom stereocenters. The highest BCUT2D eigenvalue weighted by atomic mass is 32.1. The van der Waals surface area contributed by atoms with Gasteiger partial charge in [0.05, 0.1) is 5.56 Å². The Hall–Kier alpha value is -1.69. The predicted molar refractivity (Wildman–Crippen MR) is 94.4 cm³/mol. The summed E-state index contributed by atoms with van der Waals surface area (Å²) in [6, 6.07) is 0. The molecule has 1 aliphatic heterocycles. The van der Waals surface area contributed by atoms with E-state index in [1.165, 1.54) is 16.9 Å². The average molecular weight is 344 g/mol. The van der Waals surface area contributed by atoms with Gasteiger partial charge < -0.3 is 9.47 Å². The van der Waals surface area contributed by atoms with Crippen LogP contribution in [0.1, 0.15) is 58.7 Å². The molecule has 1 atom stereocenters. The van der Waals surface area contributed by atoms with Gasteiger partial charge in [-0.25, -0.2) is 0 Å². The Morgan fingerprint density at radius 3 is 2.79 bits per heavy atom. The predicted octanol–water partition coefficient (Wildman–Crippen LogP) is 3.02. The lowest BCUT2D eigenvalue weighted by molar-refractivity contribution is 0.0709. The SMILES string of the molecule is C[C@@H]1CCc2c(C(=O)N3CCC(c4nncn4C)CC3)csc2C1. The summed E-state index contributed by atoms with van der Waals surface area (Å²) in [7, 11) is 1.99. The van der Waals surface area contributed by atoms with Gasteiger partial charge in [-0.3, -0.25) is 4.79 Å². The highest BCUT2D eigenvalue weighted by Gasteiger charge is 2.30. The van der Waals surface area contributed by atoms with E-state index in [1.54, 1.807) is 17.7 Å². The highest BCUT2D eigenvalue weighted by molar-refractivity contribution is 7.10. The zero-order valence-corrected chi connectivity index (χ0v) is 15.2. The first kappa shape index (κ1) is 15.8. The van der Waals surface area contributed by atoms with Crippen LogP contribution in [-0.4, -0.2) is 38.7 Å². The van der Waals surface area contributed by atoms with Gasteiger partial charge in [-0.2, -0.15) is 0 Å². The topological polar surface area (TPSA) is 51.0 Å². The molecule has 0 bridgehead atoms. The summed E-state index contributed by atoms with van der Waals surface area (Å²) < 4.78 is 2.00. The number of carbonyl (C=O) groups excluding carboxylic acids is 1. The molecule has 0 N–H and O–H groups in total. The summed E-state index contributed by atoms with van der Waals surface area (Å²) in [4.78, 5) is 16.4. The lowest BCUT2D eigenvalue weighted by atomic mass is 9.88. The van der Waals surface area contributed by atoms with Gasteiger partial charge >= 0.3 is 0 Å². The first-order chi connectivity index (χ1) is 11.6. The minimum absolute atomic E-state index is 0.235. The summed E-state index contributed by atoms with van der Waals surface area (Å²) in [5.74, 6) is 2.45. The van der Waals surface area contributed by atoms with Crippen molar-refractivity contribution in [2.45, 2.75) is 44.9 Å². The van der Waals surface area contributed by atoms with Crippen molar-refractivity contribution in [2.24, 2.45) is 13.0 Å². The second-order valence-corrected chi connectivity index (χ2v) is 8.23. The van der Waals surface area contributed by atoms with E-state index in [2.05, 4.69) is 22.5 Å². The van der Waals surface area contributed by atoms with Crippen molar-refractivity contribution in [1.82, 2.24) is 19.7 Å². The lowest BCUT2D eigenvalue weighted by Crippen LogP contribution is -2.38. The van der Waals surface area contributed by atoms with Gasteiger partial charge in [0.2, 0.25) is 0 Å². The van der Waals surface area contributed by atoms with E-state index in [9.17, 15) is 4.79 Å². The fraction of sp³-hybridized carbons (Fsp3) is 0.611. The summed E-state index contributed by atoms with van der Waals surface area (Å²) >= 11 is 1.78. The fourth-order valence-corrected chi connectivity index (χ4v) is 5.27. The third-order valence-corrected chi connectivity index (χ3v) is 6.58. The standard InChI is InChI=1S/C18H24N4OS/c1-12-3-4-14-15(10-24-16(14)9-12)18(23)22-7-5-13(6-8-22)17-20-19-11-21(17)2/h10-13H,3-9H2,1-2H3/t12-/m1/s1. The number of fused-ring (bicyclic) bond motifs is 1. The largest absolute Gasteiger partial charge is 0.339 e. The van der Waals surface area contributed by atoms with E-state index in [4.69, 9.17) is 0 Å². The molecule has 1 amide bonds. The Kier molecular flexibility index (Phi) is 4.16. The second kappa shape index (κ2) is 6.31. The van der Waals surface area contributed by atoms with Crippen molar-refractivity contribution < 1.29 is 4.79 Å². The van der Waals surface area contributed by atoms with Gasteiger partial charge in [0.25, 0.3) is 5.91 Å². The summed E-state index contributed by atoms with van der Waals surface area (Å²) in [6.45, 7) is 3.94. The molecule has 24 heavy (non-hydrogen) atoms. The molecule has 5 nitrogen and oxygen atoms in total. The van der Waals surface area contributed by atoms with Gasteiger partial charge in [0.1, 0.15) is 12.2 Å². The molecule has 2 aromatic rings. The van der Waals surface area contributed by atoms with E-state index in [1.807, 2.05) is 16.5 Å². The highest BCUT2D eigenvalue weighted by Crippen LogP contribution is 2.34. The number of hydrogen-bond donors (Lipinski definition) is 0. The van der Waals surface area contributed by atoms with Crippen LogP contribution in [0.25, 0.3) is 0 Å². The van der Waals surface area contributed by atoms with Crippen LogP contribution in [0.15, 0.2) is 11.7 Å². The molecule has 4 rings (SSSR count). The average Bonchev–Trinajstić information content (AvgIpc) is 3.20. The zero-order chi connectivity index (χ0) is 16.7. The van der Waals surface area contributed by atoms with Gasteiger partial charge in [-0.05, 0) is 43.6 Å². The molecular weight excluding hydrogens is 320 g/mol. The van der Waals surface area contributed by atoms with Crippen LogP contribution >= 0.6 is 11.3 Å². The number of aryl methyl sites for hydroxylation is 1. The van der Waals surface area contributed by atoms with E-state index in [0.717, 1.165) is 56.1 Å². The van der Waals surface area contributed by atoms with Crippen molar-refractivity contribution in [1.29, 1.82) is 0 Å². The molecule has 0 radical (unpaired) electrons. The molecule has 0 saturated carbocycles. The number of nitrogens with zero attached hydrogens (tertiary/aromatic N) is 4. The van der Waals surface area contributed by atoms with Crippen molar-refractivity contribution >= 4 is 17.2 Å². The van der Waals surface area contributed by atoms with E-state index < -0.39 is 0 Å². The van der Waals surface area contributed by atoms with Crippen LogP contribution in [0.2, 0.25) is 0 Å². The number of carbonyl (C=O) groups is 1. The van der Waals surface area contributed by atoms with Gasteiger partial charge in [-0.15, -0.1) is 21.5 Å². The summed E-state index contributed by atoms with van der Waals surface area (Å²) in [5.41, 5.74) is 2.30. The van der Waals surface area contributed by atoms with Crippen LogP contribution in [0.3, 0.4) is 0 Å². The molecular formula is C18H24N4OS. The Morgan fingerprint density at radius 2 is 2.08 bits per heavy atom. The normalized spacial score (nSPS) is 21.8. The van der Waals surface area contributed by atoms with Gasteiger partial charge in [0, 0.05) is 36.3 Å². The van der Waals surface area contributed by atoms with Crippen molar-refractivity contribution in [3.8, 4) is 0 Å². The molecule has 0 aromatic carbocycles. The van der Waals surface area contributed by atoms with Gasteiger partial charge in [-0.1, -0.05) is 6.92 Å². The molecule has 2 aliphatic rings. The third kappa shape index (κ3) is 2.77. The molecule has 1 fully saturated rings. The number of aromatic nitrogens is 3. The maximum absolute atomic E-state index is 13.0. The number of piperidine rings is 1. The van der Waals surface area contributed by atoms with Crippen LogP contribution in [0, 0.1) is 5.92 Å². The molecule has 128 valence electrons. The summed E-state index contributed by atoms with van der Waals surface area (Å²) in [5, 5.41) is 10.3. The third-order valence-electron chi connectivity index (χ3n) is 5.53. The fourth-order valence-electron chi connectivity index (χ4n) is 4.03. The Bertz CT molecular complexity index is 742. The van der Waals surface area contributed by atoms with E-state index >= 15 is 0 Å². The van der Waals surface area contributed by atoms with Crippen molar-refractivity contribution in [3.05, 3.63) is 33.5 Å². The molecule has 6 heteroatoms. The monoisotopic (exact) mass is 344 g/mol. The number of thiophene rings is 1. The quantitative estimate of drug-likeness (QED) is 0.841. The molecule has 3 heterocycles. The maximum Gasteiger partial charge on any atom is 0.254 e. The van der Waals surface area contributed by atoms with Gasteiger partial charge in [0.15, 0.2) is 0 Å². The smallest absolute Gasteiger partial charge is 0.254 e. The lowest BCUT2D eigenvalue weighted by Gasteiger charge is -2.32.